The molecule has 0 heterocycles. The Morgan fingerprint density at radius 2 is 1.79 bits per heavy atom. The summed E-state index contributed by atoms with van der Waals surface area (Å²) in [4.78, 5) is 0. The van der Waals surface area contributed by atoms with E-state index in [9.17, 15) is 0 Å². The molecule has 1 aromatic carbocycles. The van der Waals surface area contributed by atoms with E-state index in [0.29, 0.717) is 11.5 Å². The van der Waals surface area contributed by atoms with E-state index >= 15 is 0 Å². The summed E-state index contributed by atoms with van der Waals surface area (Å²) in [6.07, 6.45) is 0.635. The number of hydrogen-bond donors (Lipinski definition) is 1. The summed E-state index contributed by atoms with van der Waals surface area (Å²) in [5, 5.41) is 9.34. The maximum Gasteiger partial charge on any atom is 0.123 e. The molecule has 0 unspecified atom stereocenters. The highest BCUT2D eigenvalue weighted by Gasteiger charge is 2.15. The average Bonchev–Trinajstić information content (AvgIpc) is 2.31. The van der Waals surface area contributed by atoms with Crippen molar-refractivity contribution in [2.45, 2.75) is 45.3 Å². The van der Waals surface area contributed by atoms with Crippen molar-refractivity contribution in [1.82, 2.24) is 0 Å². The van der Waals surface area contributed by atoms with Gasteiger partial charge in [0.05, 0.1) is 7.11 Å². The molecule has 1 rings (SSSR count). The van der Waals surface area contributed by atoms with Crippen LogP contribution in [0.1, 0.15) is 26.3 Å². The molecule has 4 heteroatoms. The predicted octanol–water partition coefficient (Wildman–Crippen LogP) is 4.53. The summed E-state index contributed by atoms with van der Waals surface area (Å²) in [5.74, 6) is 0.818. The standard InChI is InChI=1S/C9H11BrO2.C6H15Si/c1-12-9-6-8(10)3-2-7(9)4-5-11;1-6(2,3)7(4)5/h2-3,6,11H,4-5H2,1H3;1-5H3. The number of ether oxygens (including phenoxy) is 1. The minimum absolute atomic E-state index is 0.0502. The molecule has 0 aliphatic rings. The molecule has 1 aromatic rings. The molecule has 0 saturated carbocycles. The molecule has 0 aromatic heterocycles. The van der Waals surface area contributed by atoms with Gasteiger partial charge in [0.15, 0.2) is 0 Å². The van der Waals surface area contributed by atoms with Gasteiger partial charge in [-0.15, -0.1) is 0 Å². The van der Waals surface area contributed by atoms with Crippen molar-refractivity contribution in [2.75, 3.05) is 13.7 Å². The molecule has 0 atom stereocenters. The number of aliphatic hydroxyl groups excluding tert-OH is 1. The summed E-state index contributed by atoms with van der Waals surface area (Å²) in [6, 6.07) is 5.78. The lowest BCUT2D eigenvalue weighted by molar-refractivity contribution is 0.296. The van der Waals surface area contributed by atoms with E-state index in [0.717, 1.165) is 15.8 Å². The first kappa shape index (κ1) is 18.7. The van der Waals surface area contributed by atoms with Crippen molar-refractivity contribution in [3.63, 3.8) is 0 Å². The highest BCUT2D eigenvalue weighted by Crippen LogP contribution is 2.25. The molecular weight excluding hydrogens is 320 g/mol. The van der Waals surface area contributed by atoms with Crippen LogP contribution in [-0.4, -0.2) is 27.6 Å². The van der Waals surface area contributed by atoms with E-state index in [1.807, 2.05) is 18.2 Å². The van der Waals surface area contributed by atoms with Crippen molar-refractivity contribution in [3.05, 3.63) is 28.2 Å². The number of benzene rings is 1. The van der Waals surface area contributed by atoms with E-state index in [1.165, 1.54) is 0 Å². The summed E-state index contributed by atoms with van der Waals surface area (Å²) >= 11 is 3.35. The zero-order valence-electron chi connectivity index (χ0n) is 12.9. The summed E-state index contributed by atoms with van der Waals surface area (Å²) in [5.41, 5.74) is 1.03. The van der Waals surface area contributed by atoms with Gasteiger partial charge in [-0.25, -0.2) is 0 Å². The highest BCUT2D eigenvalue weighted by molar-refractivity contribution is 9.10. The Balaban J connectivity index is 0.000000399. The zero-order chi connectivity index (χ0) is 15.1. The largest absolute Gasteiger partial charge is 0.496 e. The van der Waals surface area contributed by atoms with Gasteiger partial charge in [0.2, 0.25) is 0 Å². The van der Waals surface area contributed by atoms with Crippen LogP contribution in [0.5, 0.6) is 5.75 Å². The van der Waals surface area contributed by atoms with E-state index in [1.54, 1.807) is 7.11 Å². The van der Waals surface area contributed by atoms with Crippen molar-refractivity contribution in [2.24, 2.45) is 0 Å². The second-order valence-electron chi connectivity index (χ2n) is 5.68. The molecule has 0 saturated heterocycles. The Bertz CT molecular complexity index is 373. The van der Waals surface area contributed by atoms with Gasteiger partial charge in [-0.3, -0.25) is 0 Å². The first-order chi connectivity index (χ1) is 8.72. The van der Waals surface area contributed by atoms with E-state index in [2.05, 4.69) is 49.8 Å². The van der Waals surface area contributed by atoms with Gasteiger partial charge < -0.3 is 9.84 Å². The minimum Gasteiger partial charge on any atom is -0.496 e. The van der Waals surface area contributed by atoms with Crippen LogP contribution in [0.25, 0.3) is 0 Å². The second kappa shape index (κ2) is 8.77. The third-order valence-corrected chi connectivity index (χ3v) is 6.62. The lowest BCUT2D eigenvalue weighted by atomic mass is 10.1. The smallest absolute Gasteiger partial charge is 0.123 e. The van der Waals surface area contributed by atoms with Gasteiger partial charge >= 0.3 is 0 Å². The molecule has 0 fully saturated rings. The third kappa shape index (κ3) is 7.75. The Morgan fingerprint density at radius 1 is 1.26 bits per heavy atom. The summed E-state index contributed by atoms with van der Waals surface area (Å²) < 4.78 is 6.12. The van der Waals surface area contributed by atoms with Crippen LogP contribution in [0.3, 0.4) is 0 Å². The van der Waals surface area contributed by atoms with Crippen LogP contribution in [0.4, 0.5) is 0 Å². The average molecular weight is 346 g/mol. The van der Waals surface area contributed by atoms with Gasteiger partial charge in [0, 0.05) is 19.9 Å². The van der Waals surface area contributed by atoms with Crippen molar-refractivity contribution in [3.8, 4) is 5.75 Å². The maximum absolute atomic E-state index is 8.74. The van der Waals surface area contributed by atoms with Crippen molar-refractivity contribution < 1.29 is 9.84 Å². The van der Waals surface area contributed by atoms with Gasteiger partial charge in [0.25, 0.3) is 0 Å². The maximum atomic E-state index is 8.74. The second-order valence-corrected chi connectivity index (χ2v) is 10.1. The van der Waals surface area contributed by atoms with Crippen LogP contribution >= 0.6 is 15.9 Å². The van der Waals surface area contributed by atoms with Crippen LogP contribution in [-0.2, 0) is 6.42 Å². The normalized spacial score (nSPS) is 11.0. The Hall–Kier alpha value is -0.323. The lowest BCUT2D eigenvalue weighted by Gasteiger charge is -2.20. The van der Waals surface area contributed by atoms with Crippen molar-refractivity contribution >= 4 is 24.7 Å². The topological polar surface area (TPSA) is 29.5 Å². The Labute approximate surface area is 127 Å². The van der Waals surface area contributed by atoms with Crippen LogP contribution in [0, 0.1) is 0 Å². The molecule has 0 aliphatic carbocycles. The molecule has 0 aliphatic heterocycles. The number of methoxy groups -OCH3 is 1. The fraction of sp³-hybridized carbons (Fsp3) is 0.600. The van der Waals surface area contributed by atoms with E-state index in [4.69, 9.17) is 9.84 Å². The minimum atomic E-state index is -0.0502. The SMILES string of the molecule is COc1cc(Br)ccc1CCO.C[Si](C)C(C)(C)C. The molecule has 109 valence electrons. The quantitative estimate of drug-likeness (QED) is 0.815. The summed E-state index contributed by atoms with van der Waals surface area (Å²) in [7, 11) is 1.58. The zero-order valence-corrected chi connectivity index (χ0v) is 15.5. The fourth-order valence-corrected chi connectivity index (χ4v) is 1.39. The van der Waals surface area contributed by atoms with Crippen molar-refractivity contribution in [1.29, 1.82) is 0 Å². The molecular formula is C15H26BrO2Si. The monoisotopic (exact) mass is 345 g/mol. The van der Waals surface area contributed by atoms with Crippen LogP contribution in [0.2, 0.25) is 18.1 Å². The molecule has 19 heavy (non-hydrogen) atoms. The molecule has 0 bridgehead atoms. The highest BCUT2D eigenvalue weighted by atomic mass is 79.9. The van der Waals surface area contributed by atoms with E-state index < -0.39 is 0 Å². The molecule has 0 spiro atoms. The van der Waals surface area contributed by atoms with Gasteiger partial charge in [-0.1, -0.05) is 55.9 Å². The Morgan fingerprint density at radius 3 is 2.16 bits per heavy atom. The van der Waals surface area contributed by atoms with Crippen LogP contribution in [0.15, 0.2) is 22.7 Å². The lowest BCUT2D eigenvalue weighted by Crippen LogP contribution is -2.16. The molecule has 0 amide bonds. The van der Waals surface area contributed by atoms with Gasteiger partial charge in [-0.2, -0.15) is 0 Å². The number of rotatable bonds is 3. The Kier molecular flexibility index (Phi) is 8.62. The molecule has 1 N–H and O–H groups in total. The van der Waals surface area contributed by atoms with Crippen LogP contribution < -0.4 is 4.74 Å². The third-order valence-electron chi connectivity index (χ3n) is 3.13. The molecule has 1 radical (unpaired) electrons. The van der Waals surface area contributed by atoms with Gasteiger partial charge in [0.1, 0.15) is 5.75 Å². The van der Waals surface area contributed by atoms with E-state index in [-0.39, 0.29) is 15.4 Å². The first-order valence-electron chi connectivity index (χ1n) is 6.46. The predicted molar refractivity (Wildman–Crippen MR) is 88.7 cm³/mol. The molecule has 2 nitrogen and oxygen atoms in total. The first-order valence-corrected chi connectivity index (χ1v) is 9.75. The summed E-state index contributed by atoms with van der Waals surface area (Å²) in [6.45, 7) is 11.8. The van der Waals surface area contributed by atoms with Gasteiger partial charge in [-0.05, 0) is 29.2 Å². The number of hydrogen-bond acceptors (Lipinski definition) is 2. The fourth-order valence-electron chi connectivity index (χ4n) is 1.05. The number of halogens is 1. The number of aliphatic hydroxyl groups is 1.